The summed E-state index contributed by atoms with van der Waals surface area (Å²) < 4.78 is 53.9. The van der Waals surface area contributed by atoms with Gasteiger partial charge in [-0.05, 0) is 18.2 Å². The van der Waals surface area contributed by atoms with Crippen LogP contribution in [0, 0.1) is 0 Å². The minimum atomic E-state index is -4.46. The van der Waals surface area contributed by atoms with Gasteiger partial charge in [0.05, 0.1) is 25.8 Å². The van der Waals surface area contributed by atoms with Gasteiger partial charge in [0.2, 0.25) is 5.88 Å². The molecule has 2 heterocycles. The van der Waals surface area contributed by atoms with E-state index in [4.69, 9.17) is 14.2 Å². The molecule has 1 amide bonds. The van der Waals surface area contributed by atoms with Gasteiger partial charge >= 0.3 is 6.18 Å². The summed E-state index contributed by atoms with van der Waals surface area (Å²) in [6, 6.07) is 8.59. The van der Waals surface area contributed by atoms with E-state index < -0.39 is 17.8 Å². The number of nitrogens with zero attached hydrogens (tertiary/aromatic N) is 2. The number of benzene rings is 1. The van der Waals surface area contributed by atoms with E-state index in [0.717, 1.165) is 18.3 Å². The molecule has 0 N–H and O–H groups in total. The van der Waals surface area contributed by atoms with E-state index in [2.05, 4.69) is 4.98 Å². The lowest BCUT2D eigenvalue weighted by Crippen LogP contribution is -2.57. The molecule has 9 heteroatoms. The molecule has 0 saturated carbocycles. The number of alkyl halides is 3. The summed E-state index contributed by atoms with van der Waals surface area (Å²) in [7, 11) is 1.53. The highest BCUT2D eigenvalue weighted by Gasteiger charge is 2.34. The van der Waals surface area contributed by atoms with Crippen LogP contribution in [0.15, 0.2) is 42.6 Å². The lowest BCUT2D eigenvalue weighted by Gasteiger charge is -2.38. The summed E-state index contributed by atoms with van der Waals surface area (Å²) in [6.07, 6.45) is -3.82. The quantitative estimate of drug-likeness (QED) is 0.769. The molecule has 0 atom stereocenters. The highest BCUT2D eigenvalue weighted by molar-refractivity contribution is 5.78. The Morgan fingerprint density at radius 2 is 1.96 bits per heavy atom. The van der Waals surface area contributed by atoms with Gasteiger partial charge in [0.1, 0.15) is 17.6 Å². The van der Waals surface area contributed by atoms with Gasteiger partial charge in [0.15, 0.2) is 6.61 Å². The van der Waals surface area contributed by atoms with E-state index in [1.165, 1.54) is 12.0 Å². The largest absolute Gasteiger partial charge is 0.497 e. The van der Waals surface area contributed by atoms with E-state index in [-0.39, 0.29) is 31.5 Å². The fourth-order valence-electron chi connectivity index (χ4n) is 2.46. The summed E-state index contributed by atoms with van der Waals surface area (Å²) in [6.45, 7) is 0.373. The molecule has 1 aromatic heterocycles. The van der Waals surface area contributed by atoms with Gasteiger partial charge in [-0.3, -0.25) is 4.79 Å². The Morgan fingerprint density at radius 3 is 2.67 bits per heavy atom. The van der Waals surface area contributed by atoms with E-state index in [1.807, 2.05) is 0 Å². The number of ether oxygens (including phenoxy) is 3. The molecule has 144 valence electrons. The zero-order chi connectivity index (χ0) is 19.4. The highest BCUT2D eigenvalue weighted by Crippen LogP contribution is 2.31. The third-order valence-corrected chi connectivity index (χ3v) is 3.95. The maximum absolute atomic E-state index is 12.7. The second kappa shape index (κ2) is 7.73. The van der Waals surface area contributed by atoms with Crippen LogP contribution in [0.1, 0.15) is 5.56 Å². The molecule has 1 saturated heterocycles. The average Bonchev–Trinajstić information content (AvgIpc) is 2.62. The maximum Gasteiger partial charge on any atom is 0.416 e. The van der Waals surface area contributed by atoms with Gasteiger partial charge in [-0.25, -0.2) is 4.98 Å². The highest BCUT2D eigenvalue weighted by atomic mass is 19.4. The Kier molecular flexibility index (Phi) is 5.38. The van der Waals surface area contributed by atoms with Crippen LogP contribution in [0.4, 0.5) is 13.2 Å². The number of amides is 1. The van der Waals surface area contributed by atoms with Crippen LogP contribution >= 0.6 is 0 Å². The maximum atomic E-state index is 12.7. The van der Waals surface area contributed by atoms with Crippen LogP contribution in [0.3, 0.4) is 0 Å². The molecule has 1 fully saturated rings. The zero-order valence-electron chi connectivity index (χ0n) is 14.4. The summed E-state index contributed by atoms with van der Waals surface area (Å²) in [5.74, 6) is 0.763. The molecule has 0 aliphatic carbocycles. The number of methoxy groups -OCH3 is 1. The van der Waals surface area contributed by atoms with Crippen molar-refractivity contribution < 1.29 is 32.2 Å². The Bertz CT molecular complexity index is 807. The van der Waals surface area contributed by atoms with Crippen LogP contribution < -0.4 is 14.2 Å². The molecule has 1 aliphatic heterocycles. The fourth-order valence-corrected chi connectivity index (χ4v) is 2.46. The normalized spacial score (nSPS) is 14.4. The van der Waals surface area contributed by atoms with Crippen molar-refractivity contribution in [3.05, 3.63) is 48.2 Å². The van der Waals surface area contributed by atoms with Crippen molar-refractivity contribution in [2.24, 2.45) is 0 Å². The summed E-state index contributed by atoms with van der Waals surface area (Å²) in [5, 5.41) is 0. The molecule has 6 nitrogen and oxygen atoms in total. The Hall–Kier alpha value is -2.97. The zero-order valence-corrected chi connectivity index (χ0v) is 14.4. The average molecular weight is 382 g/mol. The molecule has 0 unspecified atom stereocenters. The first-order valence-corrected chi connectivity index (χ1v) is 8.09. The van der Waals surface area contributed by atoms with Gasteiger partial charge in [0.25, 0.3) is 5.91 Å². The van der Waals surface area contributed by atoms with Gasteiger partial charge in [-0.2, -0.15) is 13.2 Å². The summed E-state index contributed by atoms with van der Waals surface area (Å²) in [5.41, 5.74) is -0.827. The molecular formula is C18H17F3N2O4. The molecule has 1 aliphatic rings. The predicted molar refractivity (Wildman–Crippen MR) is 88.7 cm³/mol. The number of carbonyl (C=O) groups is 1. The first-order valence-electron chi connectivity index (χ1n) is 8.09. The van der Waals surface area contributed by atoms with Crippen molar-refractivity contribution >= 4 is 5.91 Å². The van der Waals surface area contributed by atoms with Crippen molar-refractivity contribution in [1.29, 1.82) is 0 Å². The van der Waals surface area contributed by atoms with Crippen molar-refractivity contribution in [1.82, 2.24) is 9.88 Å². The fraction of sp³-hybridized carbons (Fsp3) is 0.333. The number of pyridine rings is 1. The second-order valence-corrected chi connectivity index (χ2v) is 5.89. The number of hydrogen-bond acceptors (Lipinski definition) is 5. The molecule has 0 radical (unpaired) electrons. The summed E-state index contributed by atoms with van der Waals surface area (Å²) >= 11 is 0. The van der Waals surface area contributed by atoms with Crippen LogP contribution in [0.5, 0.6) is 17.4 Å². The Balaban J connectivity index is 1.46. The molecular weight excluding hydrogens is 365 g/mol. The van der Waals surface area contributed by atoms with E-state index in [1.54, 1.807) is 24.3 Å². The van der Waals surface area contributed by atoms with Crippen LogP contribution in [0.25, 0.3) is 0 Å². The molecule has 0 bridgehead atoms. The first kappa shape index (κ1) is 18.8. The van der Waals surface area contributed by atoms with Crippen molar-refractivity contribution in [3.8, 4) is 17.4 Å². The first-order chi connectivity index (χ1) is 12.8. The van der Waals surface area contributed by atoms with Gasteiger partial charge in [0, 0.05) is 18.3 Å². The molecule has 1 aromatic carbocycles. The van der Waals surface area contributed by atoms with E-state index in [0.29, 0.717) is 11.5 Å². The van der Waals surface area contributed by atoms with Crippen LogP contribution in [0.2, 0.25) is 0 Å². The number of carbonyl (C=O) groups excluding carboxylic acids is 1. The number of rotatable bonds is 6. The standard InChI is InChI=1S/C18H17F3N2O4/c1-25-13-3-2-4-14(8-13)26-11-17(24)23-9-15(10-23)27-16-7-12(5-6-22-16)18(19,20)21/h2-8,15H,9-11H2,1H3. The van der Waals surface area contributed by atoms with Gasteiger partial charge in [-0.15, -0.1) is 0 Å². The van der Waals surface area contributed by atoms with E-state index >= 15 is 0 Å². The van der Waals surface area contributed by atoms with E-state index in [9.17, 15) is 18.0 Å². The topological polar surface area (TPSA) is 60.9 Å². The third kappa shape index (κ3) is 4.81. The number of halogens is 3. The van der Waals surface area contributed by atoms with Crippen LogP contribution in [-0.4, -0.2) is 48.7 Å². The lowest BCUT2D eigenvalue weighted by molar-refractivity contribution is -0.142. The van der Waals surface area contributed by atoms with Crippen molar-refractivity contribution in [2.75, 3.05) is 26.8 Å². The van der Waals surface area contributed by atoms with Crippen molar-refractivity contribution in [3.63, 3.8) is 0 Å². The molecule has 0 spiro atoms. The molecule has 3 rings (SSSR count). The monoisotopic (exact) mass is 382 g/mol. The van der Waals surface area contributed by atoms with Gasteiger partial charge in [-0.1, -0.05) is 6.07 Å². The second-order valence-electron chi connectivity index (χ2n) is 5.89. The third-order valence-electron chi connectivity index (χ3n) is 3.95. The van der Waals surface area contributed by atoms with Gasteiger partial charge < -0.3 is 19.1 Å². The summed E-state index contributed by atoms with van der Waals surface area (Å²) in [4.78, 5) is 17.4. The smallest absolute Gasteiger partial charge is 0.416 e. The Morgan fingerprint density at radius 1 is 1.22 bits per heavy atom. The Labute approximate surface area is 153 Å². The minimum Gasteiger partial charge on any atom is -0.497 e. The number of likely N-dealkylation sites (tertiary alicyclic amines) is 1. The molecule has 2 aromatic rings. The van der Waals surface area contributed by atoms with Crippen molar-refractivity contribution in [2.45, 2.75) is 12.3 Å². The number of hydrogen-bond donors (Lipinski definition) is 0. The SMILES string of the molecule is COc1cccc(OCC(=O)N2CC(Oc3cc(C(F)(F)F)ccn3)C2)c1. The predicted octanol–water partition coefficient (Wildman–Crippen LogP) is 2.78. The van der Waals surface area contributed by atoms with Crippen LogP contribution in [-0.2, 0) is 11.0 Å². The number of aromatic nitrogens is 1. The minimum absolute atomic E-state index is 0.116. The molecule has 27 heavy (non-hydrogen) atoms. The lowest BCUT2D eigenvalue weighted by atomic mass is 10.1.